The molecule has 1 aliphatic heterocycles. The summed E-state index contributed by atoms with van der Waals surface area (Å²) in [5.74, 6) is -0.752. The second-order valence-electron chi connectivity index (χ2n) is 8.79. The number of hydrogen-bond acceptors (Lipinski definition) is 8. The zero-order valence-electron chi connectivity index (χ0n) is 21.1. The topological polar surface area (TPSA) is 90.9 Å². The maximum Gasteiger partial charge on any atom is 0.336 e. The molecule has 7 nitrogen and oxygen atoms in total. The number of carbonyl (C=O) groups is 3. The van der Waals surface area contributed by atoms with Crippen molar-refractivity contribution in [1.82, 2.24) is 5.32 Å². The molecule has 0 spiro atoms. The van der Waals surface area contributed by atoms with Gasteiger partial charge in [0.05, 0.1) is 19.3 Å². The Morgan fingerprint density at radius 2 is 1.86 bits per heavy atom. The number of esters is 2. The zero-order chi connectivity index (χ0) is 25.5. The van der Waals surface area contributed by atoms with Gasteiger partial charge in [-0.25, -0.2) is 4.79 Å². The molecule has 1 aromatic carbocycles. The maximum absolute atomic E-state index is 13.7. The van der Waals surface area contributed by atoms with Crippen LogP contribution in [-0.2, 0) is 23.9 Å². The van der Waals surface area contributed by atoms with Gasteiger partial charge in [0.2, 0.25) is 0 Å². The second kappa shape index (κ2) is 12.3. The van der Waals surface area contributed by atoms with Crippen molar-refractivity contribution in [3.8, 4) is 5.75 Å². The zero-order valence-corrected chi connectivity index (χ0v) is 22.0. The van der Waals surface area contributed by atoms with Gasteiger partial charge in [-0.2, -0.15) is 11.8 Å². The molecule has 0 bridgehead atoms. The van der Waals surface area contributed by atoms with Crippen LogP contribution in [0.25, 0.3) is 0 Å². The highest BCUT2D eigenvalue weighted by molar-refractivity contribution is 7.99. The number of hydrogen-bond donors (Lipinski definition) is 1. The van der Waals surface area contributed by atoms with Crippen LogP contribution in [0, 0.1) is 11.8 Å². The van der Waals surface area contributed by atoms with E-state index in [9.17, 15) is 14.4 Å². The van der Waals surface area contributed by atoms with E-state index < -0.39 is 23.8 Å². The minimum Gasteiger partial charge on any atom is -0.494 e. The number of carbonyl (C=O) groups excluding carboxylic acids is 3. The highest BCUT2D eigenvalue weighted by atomic mass is 32.2. The predicted molar refractivity (Wildman–Crippen MR) is 136 cm³/mol. The summed E-state index contributed by atoms with van der Waals surface area (Å²) in [6.45, 7) is 8.67. The lowest BCUT2D eigenvalue weighted by Crippen LogP contribution is -2.43. The van der Waals surface area contributed by atoms with E-state index in [1.54, 1.807) is 11.8 Å². The van der Waals surface area contributed by atoms with Crippen LogP contribution in [0.1, 0.15) is 52.0 Å². The van der Waals surface area contributed by atoms with E-state index in [1.807, 2.05) is 45.0 Å². The molecule has 3 unspecified atom stereocenters. The number of dihydropyridines is 1. The Labute approximate surface area is 211 Å². The van der Waals surface area contributed by atoms with Crippen molar-refractivity contribution < 1.29 is 28.6 Å². The van der Waals surface area contributed by atoms with E-state index in [0.29, 0.717) is 35.6 Å². The van der Waals surface area contributed by atoms with Crippen molar-refractivity contribution in [2.45, 2.75) is 46.5 Å². The standard InChI is InChI=1S/C27H35NO6S/c1-6-12-33-19-10-8-18(9-11-19)23-22(27(31)34-13-14-35-7-2)17(4)28-20-15-16(3)21(26(30)32-5)25(29)24(20)23/h8-11,16,21,23,28H,6-7,12-15H2,1-5H3. The first kappa shape index (κ1) is 26.9. The molecule has 1 N–H and O–H groups in total. The lowest BCUT2D eigenvalue weighted by molar-refractivity contribution is -0.151. The lowest BCUT2D eigenvalue weighted by Gasteiger charge is -2.38. The second-order valence-corrected chi connectivity index (χ2v) is 10.2. The molecule has 0 fully saturated rings. The summed E-state index contributed by atoms with van der Waals surface area (Å²) in [7, 11) is 1.29. The van der Waals surface area contributed by atoms with Gasteiger partial charge < -0.3 is 19.5 Å². The Hall–Kier alpha value is -2.74. The van der Waals surface area contributed by atoms with Gasteiger partial charge in [-0.05, 0) is 49.1 Å². The smallest absolute Gasteiger partial charge is 0.336 e. The van der Waals surface area contributed by atoms with Gasteiger partial charge in [0.15, 0.2) is 5.78 Å². The molecule has 0 saturated heterocycles. The molecular weight excluding hydrogens is 466 g/mol. The number of rotatable bonds is 10. The van der Waals surface area contributed by atoms with Crippen molar-refractivity contribution in [1.29, 1.82) is 0 Å². The fraction of sp³-hybridized carbons (Fsp3) is 0.519. The van der Waals surface area contributed by atoms with Gasteiger partial charge in [0.1, 0.15) is 18.3 Å². The minimum atomic E-state index is -0.910. The number of Topliss-reactive ketones (excluding diaryl/α,β-unsaturated/α-hetero) is 1. The molecule has 0 saturated carbocycles. The van der Waals surface area contributed by atoms with Crippen molar-refractivity contribution in [2.24, 2.45) is 11.8 Å². The molecule has 35 heavy (non-hydrogen) atoms. The van der Waals surface area contributed by atoms with Crippen LogP contribution in [0.15, 0.2) is 46.8 Å². The average Bonchev–Trinajstić information content (AvgIpc) is 2.84. The highest BCUT2D eigenvalue weighted by Crippen LogP contribution is 2.45. The van der Waals surface area contributed by atoms with Crippen LogP contribution in [0.3, 0.4) is 0 Å². The van der Waals surface area contributed by atoms with Crippen molar-refractivity contribution in [3.05, 3.63) is 52.4 Å². The molecule has 8 heteroatoms. The first-order valence-electron chi connectivity index (χ1n) is 12.1. The summed E-state index contributed by atoms with van der Waals surface area (Å²) in [4.78, 5) is 39.6. The van der Waals surface area contributed by atoms with E-state index in [1.165, 1.54) is 7.11 Å². The third kappa shape index (κ3) is 5.92. The van der Waals surface area contributed by atoms with Crippen molar-refractivity contribution >= 4 is 29.5 Å². The van der Waals surface area contributed by atoms with Crippen LogP contribution in [0.4, 0.5) is 0 Å². The van der Waals surface area contributed by atoms with Gasteiger partial charge in [-0.15, -0.1) is 0 Å². The first-order chi connectivity index (χ1) is 16.8. The van der Waals surface area contributed by atoms with Gasteiger partial charge in [0.25, 0.3) is 0 Å². The summed E-state index contributed by atoms with van der Waals surface area (Å²) in [5.41, 5.74) is 2.99. The monoisotopic (exact) mass is 501 g/mol. The van der Waals surface area contributed by atoms with E-state index >= 15 is 0 Å². The minimum absolute atomic E-state index is 0.223. The third-order valence-corrected chi connectivity index (χ3v) is 7.18. The molecule has 3 atom stereocenters. The predicted octanol–water partition coefficient (Wildman–Crippen LogP) is 4.38. The number of methoxy groups -OCH3 is 1. The van der Waals surface area contributed by atoms with Gasteiger partial charge >= 0.3 is 11.9 Å². The van der Waals surface area contributed by atoms with E-state index in [-0.39, 0.29) is 18.3 Å². The number of ketones is 1. The maximum atomic E-state index is 13.7. The Morgan fingerprint density at radius 3 is 2.49 bits per heavy atom. The van der Waals surface area contributed by atoms with Gasteiger partial charge in [-0.1, -0.05) is 32.9 Å². The van der Waals surface area contributed by atoms with Crippen LogP contribution in [0.2, 0.25) is 0 Å². The molecule has 0 amide bonds. The molecule has 2 aliphatic rings. The molecule has 3 rings (SSSR count). The molecule has 0 aromatic heterocycles. The van der Waals surface area contributed by atoms with Crippen LogP contribution in [-0.4, -0.2) is 49.6 Å². The molecule has 1 aromatic rings. The SMILES string of the molecule is CCCOc1ccc(C2C(C(=O)OCCSCC)=C(C)NC3=C2C(=O)C(C(=O)OC)C(C)C3)cc1. The van der Waals surface area contributed by atoms with E-state index in [2.05, 4.69) is 12.2 Å². The Kier molecular flexibility index (Phi) is 9.43. The van der Waals surface area contributed by atoms with Gasteiger partial charge in [-0.3, -0.25) is 9.59 Å². The number of thioether (sulfide) groups is 1. The summed E-state index contributed by atoms with van der Waals surface area (Å²) in [6.07, 6.45) is 1.39. The average molecular weight is 502 g/mol. The number of benzene rings is 1. The molecule has 1 heterocycles. The molecule has 0 radical (unpaired) electrons. The first-order valence-corrected chi connectivity index (χ1v) is 13.3. The Morgan fingerprint density at radius 1 is 1.14 bits per heavy atom. The Bertz CT molecular complexity index is 1010. The van der Waals surface area contributed by atoms with Crippen molar-refractivity contribution in [2.75, 3.05) is 31.8 Å². The fourth-order valence-corrected chi connectivity index (χ4v) is 5.17. The largest absolute Gasteiger partial charge is 0.494 e. The number of ether oxygens (including phenoxy) is 3. The molecule has 190 valence electrons. The van der Waals surface area contributed by atoms with Crippen molar-refractivity contribution in [3.63, 3.8) is 0 Å². The third-order valence-electron chi connectivity index (χ3n) is 6.31. The van der Waals surface area contributed by atoms with Crippen LogP contribution < -0.4 is 10.1 Å². The number of allylic oxidation sites excluding steroid dienone is 3. The van der Waals surface area contributed by atoms with Gasteiger partial charge in [0, 0.05) is 28.6 Å². The molecular formula is C27H35NO6S. The van der Waals surface area contributed by atoms with Crippen LogP contribution in [0.5, 0.6) is 5.75 Å². The quantitative estimate of drug-likeness (QED) is 0.287. The van der Waals surface area contributed by atoms with E-state index in [0.717, 1.165) is 29.2 Å². The summed E-state index contributed by atoms with van der Waals surface area (Å²) < 4.78 is 16.3. The molecule has 1 aliphatic carbocycles. The summed E-state index contributed by atoms with van der Waals surface area (Å²) in [5, 5.41) is 3.28. The normalized spacial score (nSPS) is 21.9. The Balaban J connectivity index is 2.04. The lowest BCUT2D eigenvalue weighted by atomic mass is 9.69. The summed E-state index contributed by atoms with van der Waals surface area (Å²) >= 11 is 1.69. The fourth-order valence-electron chi connectivity index (χ4n) is 4.68. The highest BCUT2D eigenvalue weighted by Gasteiger charge is 2.47. The van der Waals surface area contributed by atoms with E-state index in [4.69, 9.17) is 14.2 Å². The summed E-state index contributed by atoms with van der Waals surface area (Å²) in [6, 6.07) is 7.43. The number of nitrogens with one attached hydrogen (secondary N) is 1. The van der Waals surface area contributed by atoms with Crippen LogP contribution >= 0.6 is 11.8 Å².